The number of hydrogen-bond donors (Lipinski definition) is 2. The number of nitrogens with zero attached hydrogens (tertiary/aromatic N) is 2. The highest BCUT2D eigenvalue weighted by Crippen LogP contribution is 2.32. The zero-order valence-corrected chi connectivity index (χ0v) is 12.6. The lowest BCUT2D eigenvalue weighted by Crippen LogP contribution is -2.34. The fourth-order valence-electron chi connectivity index (χ4n) is 1.97. The molecule has 0 radical (unpaired) electrons. The third-order valence-corrected chi connectivity index (χ3v) is 3.13. The molecule has 2 heterocycles. The molecule has 0 unspecified atom stereocenters. The standard InChI is InChI=1S/C16H14N4O4/c21-15(20-19-8-11-2-1-5-17-7-11)9-18-16(22)12-3-4-13-14(6-12)24-10-23-13/h1-8H,9-10H2,(H,18,22)(H,20,21)/b19-8-. The van der Waals surface area contributed by atoms with Crippen LogP contribution in [0.15, 0.2) is 47.8 Å². The number of ether oxygens (including phenoxy) is 2. The molecule has 24 heavy (non-hydrogen) atoms. The molecule has 1 aromatic heterocycles. The summed E-state index contributed by atoms with van der Waals surface area (Å²) in [5.41, 5.74) is 3.46. The molecule has 3 rings (SSSR count). The van der Waals surface area contributed by atoms with Crippen molar-refractivity contribution in [2.24, 2.45) is 5.10 Å². The molecular formula is C16H14N4O4. The van der Waals surface area contributed by atoms with E-state index in [4.69, 9.17) is 9.47 Å². The van der Waals surface area contributed by atoms with Gasteiger partial charge in [-0.2, -0.15) is 5.10 Å². The van der Waals surface area contributed by atoms with Gasteiger partial charge in [-0.1, -0.05) is 6.07 Å². The molecule has 8 heteroatoms. The van der Waals surface area contributed by atoms with Gasteiger partial charge in [-0.15, -0.1) is 0 Å². The largest absolute Gasteiger partial charge is 0.454 e. The average molecular weight is 326 g/mol. The molecule has 0 bridgehead atoms. The van der Waals surface area contributed by atoms with Crippen molar-refractivity contribution >= 4 is 18.0 Å². The Morgan fingerprint density at radius 2 is 2.12 bits per heavy atom. The van der Waals surface area contributed by atoms with E-state index in [-0.39, 0.29) is 19.2 Å². The van der Waals surface area contributed by atoms with Gasteiger partial charge in [0.05, 0.1) is 12.8 Å². The van der Waals surface area contributed by atoms with E-state index in [1.54, 1.807) is 42.7 Å². The van der Waals surface area contributed by atoms with Crippen LogP contribution in [0.1, 0.15) is 15.9 Å². The Labute approximate surface area is 137 Å². The summed E-state index contributed by atoms with van der Waals surface area (Å²) in [6, 6.07) is 8.37. The third-order valence-electron chi connectivity index (χ3n) is 3.13. The first-order valence-electron chi connectivity index (χ1n) is 7.12. The van der Waals surface area contributed by atoms with Gasteiger partial charge in [0.2, 0.25) is 6.79 Å². The SMILES string of the molecule is O=C(CNC(=O)c1ccc2c(c1)OCO2)N/N=C\c1cccnc1. The van der Waals surface area contributed by atoms with Crippen molar-refractivity contribution in [2.75, 3.05) is 13.3 Å². The molecule has 122 valence electrons. The first-order valence-corrected chi connectivity index (χ1v) is 7.12. The smallest absolute Gasteiger partial charge is 0.259 e. The van der Waals surface area contributed by atoms with Crippen LogP contribution in [0.4, 0.5) is 0 Å². The fraction of sp³-hybridized carbons (Fsp3) is 0.125. The van der Waals surface area contributed by atoms with Crippen LogP contribution in [0.25, 0.3) is 0 Å². The van der Waals surface area contributed by atoms with Gasteiger partial charge in [-0.25, -0.2) is 5.43 Å². The van der Waals surface area contributed by atoms with E-state index in [1.807, 2.05) is 0 Å². The van der Waals surface area contributed by atoms with Gasteiger partial charge in [-0.05, 0) is 24.3 Å². The van der Waals surface area contributed by atoms with Gasteiger partial charge in [0.25, 0.3) is 11.8 Å². The van der Waals surface area contributed by atoms with Crippen LogP contribution in [-0.4, -0.2) is 36.4 Å². The topological polar surface area (TPSA) is 102 Å². The molecule has 0 spiro atoms. The molecular weight excluding hydrogens is 312 g/mol. The van der Waals surface area contributed by atoms with Crippen molar-refractivity contribution in [3.05, 3.63) is 53.9 Å². The Hall–Kier alpha value is -3.42. The van der Waals surface area contributed by atoms with E-state index in [1.165, 1.54) is 6.21 Å². The van der Waals surface area contributed by atoms with Crippen molar-refractivity contribution < 1.29 is 19.1 Å². The number of carbonyl (C=O) groups is 2. The zero-order valence-electron chi connectivity index (χ0n) is 12.6. The summed E-state index contributed by atoms with van der Waals surface area (Å²) in [7, 11) is 0. The van der Waals surface area contributed by atoms with E-state index >= 15 is 0 Å². The minimum absolute atomic E-state index is 0.137. The van der Waals surface area contributed by atoms with E-state index in [2.05, 4.69) is 20.8 Å². The summed E-state index contributed by atoms with van der Waals surface area (Å²) in [6.07, 6.45) is 4.71. The van der Waals surface area contributed by atoms with Crippen molar-refractivity contribution in [3.8, 4) is 11.5 Å². The van der Waals surface area contributed by atoms with E-state index in [0.29, 0.717) is 17.1 Å². The van der Waals surface area contributed by atoms with E-state index in [0.717, 1.165) is 5.56 Å². The van der Waals surface area contributed by atoms with Gasteiger partial charge in [0.15, 0.2) is 11.5 Å². The normalized spacial score (nSPS) is 12.2. The summed E-state index contributed by atoms with van der Waals surface area (Å²) in [5.74, 6) is 0.270. The second-order valence-electron chi connectivity index (χ2n) is 4.83. The Morgan fingerprint density at radius 1 is 1.25 bits per heavy atom. The lowest BCUT2D eigenvalue weighted by molar-refractivity contribution is -0.120. The number of hydrogen-bond acceptors (Lipinski definition) is 6. The lowest BCUT2D eigenvalue weighted by atomic mass is 10.2. The number of fused-ring (bicyclic) bond motifs is 1. The third kappa shape index (κ3) is 3.86. The summed E-state index contributed by atoms with van der Waals surface area (Å²) in [6.45, 7) is -0.0601. The van der Waals surface area contributed by atoms with Crippen LogP contribution in [-0.2, 0) is 4.79 Å². The van der Waals surface area contributed by atoms with Crippen molar-refractivity contribution in [1.82, 2.24) is 15.7 Å². The monoisotopic (exact) mass is 326 g/mol. The molecule has 2 N–H and O–H groups in total. The highest BCUT2D eigenvalue weighted by atomic mass is 16.7. The molecule has 8 nitrogen and oxygen atoms in total. The van der Waals surface area contributed by atoms with Crippen LogP contribution >= 0.6 is 0 Å². The van der Waals surface area contributed by atoms with Crippen LogP contribution in [0.5, 0.6) is 11.5 Å². The number of benzene rings is 1. The van der Waals surface area contributed by atoms with Crippen LogP contribution in [0, 0.1) is 0 Å². The Kier molecular flexibility index (Phi) is 4.66. The van der Waals surface area contributed by atoms with Crippen molar-refractivity contribution in [1.29, 1.82) is 0 Å². The average Bonchev–Trinajstić information content (AvgIpc) is 3.08. The van der Waals surface area contributed by atoms with Crippen molar-refractivity contribution in [2.45, 2.75) is 0 Å². The summed E-state index contributed by atoms with van der Waals surface area (Å²) in [4.78, 5) is 27.6. The number of hydrazone groups is 1. The summed E-state index contributed by atoms with van der Waals surface area (Å²) in [5, 5.41) is 6.29. The quantitative estimate of drug-likeness (QED) is 0.622. The molecule has 2 amide bonds. The highest BCUT2D eigenvalue weighted by Gasteiger charge is 2.16. The minimum Gasteiger partial charge on any atom is -0.454 e. The van der Waals surface area contributed by atoms with Crippen LogP contribution < -0.4 is 20.2 Å². The van der Waals surface area contributed by atoms with Gasteiger partial charge in [0.1, 0.15) is 0 Å². The predicted molar refractivity (Wildman–Crippen MR) is 84.9 cm³/mol. The predicted octanol–water partition coefficient (Wildman–Crippen LogP) is 0.690. The molecule has 0 aliphatic carbocycles. The maximum atomic E-state index is 12.0. The minimum atomic E-state index is -0.441. The van der Waals surface area contributed by atoms with Gasteiger partial charge >= 0.3 is 0 Å². The molecule has 1 aliphatic rings. The second kappa shape index (κ2) is 7.23. The number of aromatic nitrogens is 1. The van der Waals surface area contributed by atoms with Crippen LogP contribution in [0.2, 0.25) is 0 Å². The lowest BCUT2D eigenvalue weighted by Gasteiger charge is -2.05. The first-order chi connectivity index (χ1) is 11.7. The van der Waals surface area contributed by atoms with Gasteiger partial charge in [-0.3, -0.25) is 14.6 Å². The number of nitrogens with one attached hydrogen (secondary N) is 2. The molecule has 1 aromatic carbocycles. The maximum Gasteiger partial charge on any atom is 0.259 e. The second-order valence-corrected chi connectivity index (χ2v) is 4.83. The molecule has 0 atom stereocenters. The van der Waals surface area contributed by atoms with Crippen molar-refractivity contribution in [3.63, 3.8) is 0 Å². The van der Waals surface area contributed by atoms with E-state index < -0.39 is 5.91 Å². The molecule has 0 fully saturated rings. The van der Waals surface area contributed by atoms with Crippen LogP contribution in [0.3, 0.4) is 0 Å². The number of amides is 2. The fourth-order valence-corrected chi connectivity index (χ4v) is 1.97. The molecule has 0 saturated heterocycles. The highest BCUT2D eigenvalue weighted by molar-refractivity contribution is 5.97. The number of carbonyl (C=O) groups excluding carboxylic acids is 2. The number of rotatable bonds is 5. The summed E-state index contributed by atoms with van der Waals surface area (Å²) >= 11 is 0. The van der Waals surface area contributed by atoms with Gasteiger partial charge in [0, 0.05) is 23.5 Å². The first kappa shape index (κ1) is 15.5. The van der Waals surface area contributed by atoms with Gasteiger partial charge < -0.3 is 14.8 Å². The zero-order chi connectivity index (χ0) is 16.8. The number of pyridine rings is 1. The molecule has 0 saturated carbocycles. The Balaban J connectivity index is 1.47. The Morgan fingerprint density at radius 3 is 2.96 bits per heavy atom. The summed E-state index contributed by atoms with van der Waals surface area (Å²) < 4.78 is 10.4. The maximum absolute atomic E-state index is 12.0. The molecule has 2 aromatic rings. The molecule has 1 aliphatic heterocycles. The van der Waals surface area contributed by atoms with E-state index in [9.17, 15) is 9.59 Å². The Bertz CT molecular complexity index is 777.